The van der Waals surface area contributed by atoms with Gasteiger partial charge in [0.15, 0.2) is 0 Å². The largest absolute Gasteiger partial charge is 0.497 e. The Kier molecular flexibility index (Phi) is 8.17. The zero-order valence-corrected chi connectivity index (χ0v) is 20.7. The Hall–Kier alpha value is -4.63. The van der Waals surface area contributed by atoms with Gasteiger partial charge >= 0.3 is 10.1 Å². The zero-order chi connectivity index (χ0) is 26.1. The Morgan fingerprint density at radius 2 is 1.49 bits per heavy atom. The number of carbonyl (C=O) groups excluding carboxylic acids is 1. The average molecular weight is 517 g/mol. The molecule has 0 saturated heterocycles. The molecule has 0 aliphatic rings. The van der Waals surface area contributed by atoms with Crippen LogP contribution in [0.5, 0.6) is 23.0 Å². The van der Waals surface area contributed by atoms with Crippen molar-refractivity contribution in [2.45, 2.75) is 11.3 Å². The number of amides is 1. The molecule has 1 N–H and O–H groups in total. The maximum atomic E-state index is 13.1. The lowest BCUT2D eigenvalue weighted by atomic mass is 10.1. The van der Waals surface area contributed by atoms with Gasteiger partial charge in [0.05, 0.1) is 19.7 Å². The average Bonchev–Trinajstić information content (AvgIpc) is 2.90. The summed E-state index contributed by atoms with van der Waals surface area (Å²) in [6.07, 6.45) is 1.30. The molecule has 9 heteroatoms. The highest BCUT2D eigenvalue weighted by molar-refractivity contribution is 7.87. The highest BCUT2D eigenvalue weighted by Crippen LogP contribution is 2.27. The minimum Gasteiger partial charge on any atom is -0.497 e. The van der Waals surface area contributed by atoms with E-state index in [0.717, 1.165) is 5.56 Å². The lowest BCUT2D eigenvalue weighted by Gasteiger charge is -2.12. The molecule has 0 bridgehead atoms. The number of carbonyl (C=O) groups is 1. The number of hydrogen-bond acceptors (Lipinski definition) is 7. The minimum absolute atomic E-state index is 0.0635. The summed E-state index contributed by atoms with van der Waals surface area (Å²) in [5.74, 6) is 1.38. The quantitative estimate of drug-likeness (QED) is 0.182. The Morgan fingerprint density at radius 1 is 0.811 bits per heavy atom. The van der Waals surface area contributed by atoms with E-state index in [1.54, 1.807) is 61.7 Å². The molecule has 0 aromatic heterocycles. The molecule has 4 rings (SSSR count). The predicted molar refractivity (Wildman–Crippen MR) is 140 cm³/mol. The highest BCUT2D eigenvalue weighted by Gasteiger charge is 2.21. The Labute approximate surface area is 215 Å². The first-order valence-electron chi connectivity index (χ1n) is 11.2. The van der Waals surface area contributed by atoms with Crippen LogP contribution < -0.4 is 19.1 Å². The van der Waals surface area contributed by atoms with E-state index in [9.17, 15) is 13.2 Å². The van der Waals surface area contributed by atoms with Crippen molar-refractivity contribution in [2.24, 2.45) is 5.10 Å². The molecule has 0 aliphatic heterocycles. The summed E-state index contributed by atoms with van der Waals surface area (Å²) in [5.41, 5.74) is 3.34. The molecule has 4 aromatic rings. The maximum absolute atomic E-state index is 13.1. The van der Waals surface area contributed by atoms with Crippen LogP contribution in [0.15, 0.2) is 113 Å². The molecular weight excluding hydrogens is 492 g/mol. The van der Waals surface area contributed by atoms with Gasteiger partial charge in [-0.3, -0.25) is 4.79 Å². The van der Waals surface area contributed by atoms with Crippen LogP contribution in [0.2, 0.25) is 0 Å². The summed E-state index contributed by atoms with van der Waals surface area (Å²) in [5, 5.41) is 3.98. The van der Waals surface area contributed by atoms with Crippen LogP contribution in [0.1, 0.15) is 11.1 Å². The molecule has 0 spiro atoms. The maximum Gasteiger partial charge on any atom is 0.339 e. The molecule has 0 fully saturated rings. The number of para-hydroxylation sites is 2. The van der Waals surface area contributed by atoms with Crippen molar-refractivity contribution in [3.8, 4) is 23.0 Å². The lowest BCUT2D eigenvalue weighted by Crippen LogP contribution is -2.20. The molecule has 1 amide bonds. The van der Waals surface area contributed by atoms with Crippen LogP contribution in [0.3, 0.4) is 0 Å². The number of hydrazone groups is 1. The second kappa shape index (κ2) is 11.9. The smallest absolute Gasteiger partial charge is 0.339 e. The van der Waals surface area contributed by atoms with E-state index in [-0.39, 0.29) is 28.5 Å². The molecule has 8 nitrogen and oxygen atoms in total. The van der Waals surface area contributed by atoms with Gasteiger partial charge in [0.25, 0.3) is 0 Å². The van der Waals surface area contributed by atoms with Crippen molar-refractivity contribution in [3.05, 3.63) is 114 Å². The number of ether oxygens (including phenoxy) is 2. The van der Waals surface area contributed by atoms with Gasteiger partial charge in [-0.15, -0.1) is 0 Å². The first kappa shape index (κ1) is 25.5. The van der Waals surface area contributed by atoms with Crippen LogP contribution >= 0.6 is 0 Å². The monoisotopic (exact) mass is 516 g/mol. The van der Waals surface area contributed by atoms with E-state index in [1.165, 1.54) is 36.5 Å². The van der Waals surface area contributed by atoms with E-state index < -0.39 is 10.1 Å². The summed E-state index contributed by atoms with van der Waals surface area (Å²) >= 11 is 0. The van der Waals surface area contributed by atoms with E-state index in [1.807, 2.05) is 18.2 Å². The topological polar surface area (TPSA) is 103 Å². The van der Waals surface area contributed by atoms with Crippen molar-refractivity contribution in [1.29, 1.82) is 0 Å². The van der Waals surface area contributed by atoms with Gasteiger partial charge in [0, 0.05) is 5.56 Å². The van der Waals surface area contributed by atoms with Gasteiger partial charge in [-0.05, 0) is 60.2 Å². The minimum atomic E-state index is -4.21. The van der Waals surface area contributed by atoms with Crippen LogP contribution in [-0.4, -0.2) is 27.6 Å². The van der Waals surface area contributed by atoms with Crippen LogP contribution in [0, 0.1) is 0 Å². The van der Waals surface area contributed by atoms with Crippen LogP contribution in [0.25, 0.3) is 0 Å². The summed E-state index contributed by atoms with van der Waals surface area (Å²) in [4.78, 5) is 12.3. The lowest BCUT2D eigenvalue weighted by molar-refractivity contribution is -0.120. The number of rotatable bonds is 10. The Bertz CT molecular complexity index is 1490. The van der Waals surface area contributed by atoms with Gasteiger partial charge in [-0.2, -0.15) is 13.5 Å². The third-order valence-corrected chi connectivity index (χ3v) is 6.39. The first-order chi connectivity index (χ1) is 17.9. The molecule has 0 heterocycles. The first-order valence-corrected chi connectivity index (χ1v) is 12.6. The van der Waals surface area contributed by atoms with Crippen molar-refractivity contribution in [1.82, 2.24) is 5.43 Å². The van der Waals surface area contributed by atoms with E-state index >= 15 is 0 Å². The molecular formula is C28H24N2O6S. The summed E-state index contributed by atoms with van der Waals surface area (Å²) in [7, 11) is -2.67. The third-order valence-electron chi connectivity index (χ3n) is 5.07. The molecule has 0 unspecified atom stereocenters. The third kappa shape index (κ3) is 7.18. The zero-order valence-electron chi connectivity index (χ0n) is 19.9. The highest BCUT2D eigenvalue weighted by atomic mass is 32.2. The second-order valence-corrected chi connectivity index (χ2v) is 9.30. The fourth-order valence-corrected chi connectivity index (χ4v) is 4.46. The fraction of sp³-hybridized carbons (Fsp3) is 0.0714. The predicted octanol–water partition coefficient (Wildman–Crippen LogP) is 4.95. The Morgan fingerprint density at radius 3 is 2.19 bits per heavy atom. The molecule has 37 heavy (non-hydrogen) atoms. The van der Waals surface area contributed by atoms with Gasteiger partial charge in [0.2, 0.25) is 5.91 Å². The number of nitrogens with one attached hydrogen (secondary N) is 1. The van der Waals surface area contributed by atoms with Crippen LogP contribution in [-0.2, 0) is 21.3 Å². The summed E-state index contributed by atoms with van der Waals surface area (Å²) in [6.45, 7) is 0. The van der Waals surface area contributed by atoms with E-state index in [4.69, 9.17) is 13.7 Å². The standard InChI is InChI=1S/C28H24N2O6S/c1-34-25-14-8-9-21(17-25)18-28(31)30-29-20-22-19-26(35-23-10-4-2-5-11-23)15-16-27(22)37(32,33)36-24-12-6-3-7-13-24/h2-17,19-20H,18H2,1H3,(H,30,31)/b29-20+. The van der Waals surface area contributed by atoms with Crippen LogP contribution in [0.4, 0.5) is 0 Å². The number of nitrogens with zero attached hydrogens (tertiary/aromatic N) is 1. The van der Waals surface area contributed by atoms with Crippen molar-refractivity contribution in [2.75, 3.05) is 7.11 Å². The summed E-state index contributed by atoms with van der Waals surface area (Å²) < 4.78 is 42.4. The second-order valence-electron chi connectivity index (χ2n) is 7.79. The summed E-state index contributed by atoms with van der Waals surface area (Å²) in [6, 6.07) is 28.7. The van der Waals surface area contributed by atoms with Crippen molar-refractivity contribution in [3.63, 3.8) is 0 Å². The molecule has 0 radical (unpaired) electrons. The molecule has 0 aliphatic carbocycles. The molecule has 188 valence electrons. The SMILES string of the molecule is COc1cccc(CC(=O)N/N=C/c2cc(Oc3ccccc3)ccc2S(=O)(=O)Oc2ccccc2)c1. The molecule has 0 saturated carbocycles. The van der Waals surface area contributed by atoms with E-state index in [0.29, 0.717) is 17.2 Å². The molecule has 0 atom stereocenters. The number of hydrogen-bond donors (Lipinski definition) is 1. The van der Waals surface area contributed by atoms with Gasteiger partial charge < -0.3 is 13.7 Å². The normalized spacial score (nSPS) is 11.2. The van der Waals surface area contributed by atoms with Gasteiger partial charge in [0.1, 0.15) is 27.9 Å². The van der Waals surface area contributed by atoms with Gasteiger partial charge in [-0.1, -0.05) is 48.5 Å². The number of methoxy groups -OCH3 is 1. The van der Waals surface area contributed by atoms with Gasteiger partial charge in [-0.25, -0.2) is 5.43 Å². The van der Waals surface area contributed by atoms with Crippen molar-refractivity contribution >= 4 is 22.2 Å². The molecule has 4 aromatic carbocycles. The number of benzene rings is 4. The van der Waals surface area contributed by atoms with E-state index in [2.05, 4.69) is 10.5 Å². The Balaban J connectivity index is 1.57. The fourth-order valence-electron chi connectivity index (χ4n) is 3.37. The van der Waals surface area contributed by atoms with Crippen molar-refractivity contribution < 1.29 is 26.9 Å².